The molecule has 0 radical (unpaired) electrons. The zero-order chi connectivity index (χ0) is 14.4. The molecule has 0 aliphatic carbocycles. The van der Waals surface area contributed by atoms with Gasteiger partial charge in [-0.25, -0.2) is 0 Å². The lowest BCUT2D eigenvalue weighted by Crippen LogP contribution is -2.09. The second-order valence-electron chi connectivity index (χ2n) is 4.54. The van der Waals surface area contributed by atoms with Crippen LogP contribution in [0.25, 0.3) is 0 Å². The van der Waals surface area contributed by atoms with Gasteiger partial charge in [0, 0.05) is 16.8 Å². The molecule has 20 heavy (non-hydrogen) atoms. The van der Waals surface area contributed by atoms with Crippen molar-refractivity contribution < 1.29 is 0 Å². The Labute approximate surface area is 127 Å². The highest BCUT2D eigenvalue weighted by Gasteiger charge is 2.24. The summed E-state index contributed by atoms with van der Waals surface area (Å²) < 4.78 is 0.981. The fourth-order valence-corrected chi connectivity index (χ4v) is 2.56. The first-order valence-electron chi connectivity index (χ1n) is 6.33. The maximum absolute atomic E-state index is 9.54. The molecule has 98 valence electrons. The fraction of sp³-hybridized carbons (Fsp3) is 0.176. The Kier molecular flexibility index (Phi) is 4.93. The van der Waals surface area contributed by atoms with Crippen LogP contribution in [0.3, 0.4) is 0 Å². The van der Waals surface area contributed by atoms with Crippen molar-refractivity contribution in [2.24, 2.45) is 0 Å². The maximum Gasteiger partial charge on any atom is 0.0791 e. The first-order chi connectivity index (χ1) is 9.76. The number of benzene rings is 2. The molecule has 2 unspecified atom stereocenters. The number of nitrogens with zero attached hydrogens (tertiary/aromatic N) is 2. The van der Waals surface area contributed by atoms with Crippen molar-refractivity contribution in [2.75, 3.05) is 0 Å². The van der Waals surface area contributed by atoms with Crippen LogP contribution in [0.15, 0.2) is 59.1 Å². The van der Waals surface area contributed by atoms with E-state index >= 15 is 0 Å². The molecule has 0 aliphatic rings. The van der Waals surface area contributed by atoms with E-state index < -0.39 is 0 Å². The molecule has 0 amide bonds. The van der Waals surface area contributed by atoms with Crippen LogP contribution in [-0.4, -0.2) is 0 Å². The molecule has 0 spiro atoms. The van der Waals surface area contributed by atoms with Crippen molar-refractivity contribution in [3.8, 4) is 12.1 Å². The number of hydrogen-bond donors (Lipinski definition) is 0. The largest absolute Gasteiger partial charge is 0.198 e. The zero-order valence-corrected chi connectivity index (χ0v) is 12.4. The molecule has 2 rings (SSSR count). The van der Waals surface area contributed by atoms with Crippen LogP contribution in [0.2, 0.25) is 0 Å². The van der Waals surface area contributed by atoms with E-state index in [2.05, 4.69) is 28.1 Å². The highest BCUT2D eigenvalue weighted by molar-refractivity contribution is 9.10. The summed E-state index contributed by atoms with van der Waals surface area (Å²) in [4.78, 5) is 0. The fourth-order valence-electron chi connectivity index (χ4n) is 2.29. The topological polar surface area (TPSA) is 47.6 Å². The van der Waals surface area contributed by atoms with Crippen molar-refractivity contribution >= 4 is 15.9 Å². The van der Waals surface area contributed by atoms with Crippen LogP contribution < -0.4 is 0 Å². The molecule has 0 heterocycles. The Balaban J connectivity index is 2.39. The van der Waals surface area contributed by atoms with Gasteiger partial charge in [-0.1, -0.05) is 58.4 Å². The predicted molar refractivity (Wildman–Crippen MR) is 81.9 cm³/mol. The first kappa shape index (κ1) is 14.3. The van der Waals surface area contributed by atoms with Gasteiger partial charge in [-0.3, -0.25) is 0 Å². The van der Waals surface area contributed by atoms with E-state index in [4.69, 9.17) is 5.26 Å². The number of nitriles is 2. The van der Waals surface area contributed by atoms with Crippen LogP contribution in [0.1, 0.15) is 29.4 Å². The molecule has 0 saturated carbocycles. The van der Waals surface area contributed by atoms with E-state index in [0.29, 0.717) is 6.42 Å². The van der Waals surface area contributed by atoms with Gasteiger partial charge < -0.3 is 0 Å². The quantitative estimate of drug-likeness (QED) is 0.814. The molecule has 3 heteroatoms. The molecule has 0 aromatic heterocycles. The molecule has 0 N–H and O–H groups in total. The smallest absolute Gasteiger partial charge is 0.0791 e. The number of hydrogen-bond acceptors (Lipinski definition) is 2. The maximum atomic E-state index is 9.54. The van der Waals surface area contributed by atoms with Crippen molar-refractivity contribution in [1.29, 1.82) is 10.5 Å². The van der Waals surface area contributed by atoms with Gasteiger partial charge >= 0.3 is 0 Å². The average molecular weight is 325 g/mol. The van der Waals surface area contributed by atoms with E-state index in [9.17, 15) is 5.26 Å². The van der Waals surface area contributed by atoms with Crippen LogP contribution in [-0.2, 0) is 0 Å². The molecule has 0 saturated heterocycles. The minimum Gasteiger partial charge on any atom is -0.198 e. The summed E-state index contributed by atoms with van der Waals surface area (Å²) in [6.07, 6.45) is 0.332. The first-order valence-corrected chi connectivity index (χ1v) is 7.12. The Morgan fingerprint density at radius 1 is 0.900 bits per heavy atom. The SMILES string of the molecule is N#CCC(c1ccccc1)C(C#N)c1ccc(Br)cc1. The molecule has 2 aromatic carbocycles. The van der Waals surface area contributed by atoms with Crippen LogP contribution in [0.4, 0.5) is 0 Å². The Hall–Kier alpha value is -2.10. The summed E-state index contributed by atoms with van der Waals surface area (Å²) in [6, 6.07) is 22.1. The lowest BCUT2D eigenvalue weighted by molar-refractivity contribution is 0.641. The molecule has 0 fully saturated rings. The zero-order valence-electron chi connectivity index (χ0n) is 10.8. The Bertz CT molecular complexity index is 635. The van der Waals surface area contributed by atoms with E-state index in [1.807, 2.05) is 54.6 Å². The van der Waals surface area contributed by atoms with E-state index in [-0.39, 0.29) is 11.8 Å². The van der Waals surface area contributed by atoms with Crippen molar-refractivity contribution in [2.45, 2.75) is 18.3 Å². The predicted octanol–water partition coefficient (Wildman–Crippen LogP) is 4.75. The molecule has 0 bridgehead atoms. The lowest BCUT2D eigenvalue weighted by Gasteiger charge is -2.20. The second kappa shape index (κ2) is 6.89. The summed E-state index contributed by atoms with van der Waals surface area (Å²) in [7, 11) is 0. The summed E-state index contributed by atoms with van der Waals surface area (Å²) in [6.45, 7) is 0. The molecule has 2 atom stereocenters. The Morgan fingerprint density at radius 3 is 2.10 bits per heavy atom. The van der Waals surface area contributed by atoms with Crippen molar-refractivity contribution in [1.82, 2.24) is 0 Å². The molecule has 2 aromatic rings. The third-order valence-electron chi connectivity index (χ3n) is 3.31. The monoisotopic (exact) mass is 324 g/mol. The van der Waals surface area contributed by atoms with Gasteiger partial charge in [0.25, 0.3) is 0 Å². The number of rotatable bonds is 4. The second-order valence-corrected chi connectivity index (χ2v) is 5.45. The summed E-state index contributed by atoms with van der Waals surface area (Å²) in [5.41, 5.74) is 1.98. The summed E-state index contributed by atoms with van der Waals surface area (Å²) >= 11 is 3.39. The van der Waals surface area contributed by atoms with Gasteiger partial charge in [-0.05, 0) is 23.3 Å². The van der Waals surface area contributed by atoms with Gasteiger partial charge in [-0.15, -0.1) is 0 Å². The minimum absolute atomic E-state index is 0.104. The molecular formula is C17H13BrN2. The van der Waals surface area contributed by atoms with Crippen molar-refractivity contribution in [3.63, 3.8) is 0 Å². The van der Waals surface area contributed by atoms with Gasteiger partial charge in [0.05, 0.1) is 18.1 Å². The number of halogens is 1. The van der Waals surface area contributed by atoms with E-state index in [1.54, 1.807) is 0 Å². The standard InChI is InChI=1S/C17H13BrN2/c18-15-8-6-14(7-9-15)17(12-20)16(10-11-19)13-4-2-1-3-5-13/h1-9,16-17H,10H2. The minimum atomic E-state index is -0.315. The van der Waals surface area contributed by atoms with Crippen LogP contribution in [0.5, 0.6) is 0 Å². The highest BCUT2D eigenvalue weighted by atomic mass is 79.9. The van der Waals surface area contributed by atoms with E-state index in [1.165, 1.54) is 0 Å². The van der Waals surface area contributed by atoms with Gasteiger partial charge in [0.1, 0.15) is 0 Å². The molecule has 0 aliphatic heterocycles. The third-order valence-corrected chi connectivity index (χ3v) is 3.84. The van der Waals surface area contributed by atoms with Crippen LogP contribution >= 0.6 is 15.9 Å². The van der Waals surface area contributed by atoms with Gasteiger partial charge in [0.15, 0.2) is 0 Å². The van der Waals surface area contributed by atoms with Gasteiger partial charge in [0.2, 0.25) is 0 Å². The highest BCUT2D eigenvalue weighted by Crippen LogP contribution is 2.35. The Morgan fingerprint density at radius 2 is 1.55 bits per heavy atom. The van der Waals surface area contributed by atoms with Gasteiger partial charge in [-0.2, -0.15) is 10.5 Å². The van der Waals surface area contributed by atoms with Crippen LogP contribution in [0, 0.1) is 22.7 Å². The average Bonchev–Trinajstić information content (AvgIpc) is 2.50. The summed E-state index contributed by atoms with van der Waals surface area (Å²) in [5.74, 6) is -0.419. The normalized spacial score (nSPS) is 12.9. The lowest BCUT2D eigenvalue weighted by atomic mass is 9.80. The summed E-state index contributed by atoms with van der Waals surface area (Å²) in [5, 5.41) is 18.6. The third kappa shape index (κ3) is 3.26. The van der Waals surface area contributed by atoms with Crippen molar-refractivity contribution in [3.05, 3.63) is 70.2 Å². The van der Waals surface area contributed by atoms with E-state index in [0.717, 1.165) is 15.6 Å². The molecule has 2 nitrogen and oxygen atoms in total. The molecular weight excluding hydrogens is 312 g/mol.